The maximum absolute atomic E-state index is 13.1. The minimum atomic E-state index is -0.172. The third-order valence-electron chi connectivity index (χ3n) is 5.91. The standard InChI is InChI=1S/C26H29ClN4O2/c1-4-21-23(30-33-25(21)14-18-9-8-12-20(27)13-18)16-28-26(32)24-15-22(29-31(24)17(2)3)19-10-6-5-7-11-19/h5-13,15,17,21,25H,4,14,16H2,1-3H3,(H,28,32). The Balaban J connectivity index is 1.43. The molecule has 0 aliphatic carbocycles. The quantitative estimate of drug-likeness (QED) is 0.476. The van der Waals surface area contributed by atoms with Crippen molar-refractivity contribution in [2.75, 3.05) is 6.54 Å². The Hall–Kier alpha value is -3.12. The summed E-state index contributed by atoms with van der Waals surface area (Å²) in [5, 5.41) is 12.7. The van der Waals surface area contributed by atoms with Crippen molar-refractivity contribution in [2.45, 2.75) is 45.8 Å². The molecule has 4 rings (SSSR count). The number of halogens is 1. The number of hydrogen-bond donors (Lipinski definition) is 1. The summed E-state index contributed by atoms with van der Waals surface area (Å²) in [6.45, 7) is 6.48. The molecule has 1 amide bonds. The van der Waals surface area contributed by atoms with Crippen LogP contribution in [0, 0.1) is 5.92 Å². The molecule has 1 aliphatic heterocycles. The van der Waals surface area contributed by atoms with E-state index in [1.165, 1.54) is 0 Å². The molecule has 0 bridgehead atoms. The van der Waals surface area contributed by atoms with Crippen molar-refractivity contribution in [1.29, 1.82) is 0 Å². The largest absolute Gasteiger partial charge is 0.391 e. The molecule has 0 radical (unpaired) electrons. The van der Waals surface area contributed by atoms with Crippen molar-refractivity contribution >= 4 is 23.2 Å². The normalized spacial score (nSPS) is 17.7. The van der Waals surface area contributed by atoms with Gasteiger partial charge in [-0.1, -0.05) is 66.1 Å². The van der Waals surface area contributed by atoms with E-state index in [2.05, 4.69) is 22.5 Å². The number of carbonyl (C=O) groups is 1. The van der Waals surface area contributed by atoms with Crippen molar-refractivity contribution in [3.05, 3.63) is 76.9 Å². The van der Waals surface area contributed by atoms with Gasteiger partial charge in [0, 0.05) is 29.0 Å². The van der Waals surface area contributed by atoms with E-state index in [0.717, 1.165) is 35.4 Å². The zero-order valence-corrected chi connectivity index (χ0v) is 19.9. The Kier molecular flexibility index (Phi) is 7.14. The van der Waals surface area contributed by atoms with Crippen molar-refractivity contribution in [2.24, 2.45) is 11.1 Å². The van der Waals surface area contributed by atoms with Gasteiger partial charge in [-0.15, -0.1) is 0 Å². The predicted octanol–water partition coefficient (Wildman–Crippen LogP) is 5.54. The average molecular weight is 465 g/mol. The molecule has 7 heteroatoms. The summed E-state index contributed by atoms with van der Waals surface area (Å²) in [7, 11) is 0. The van der Waals surface area contributed by atoms with E-state index in [1.807, 2.05) is 74.5 Å². The molecule has 0 saturated carbocycles. The van der Waals surface area contributed by atoms with Gasteiger partial charge in [0.1, 0.15) is 11.8 Å². The second-order valence-electron chi connectivity index (χ2n) is 8.58. The maximum Gasteiger partial charge on any atom is 0.269 e. The third kappa shape index (κ3) is 5.28. The predicted molar refractivity (Wildman–Crippen MR) is 132 cm³/mol. The second kappa shape index (κ2) is 10.2. The molecule has 1 aliphatic rings. The van der Waals surface area contributed by atoms with Gasteiger partial charge in [-0.25, -0.2) is 0 Å². The Morgan fingerprint density at radius 2 is 1.94 bits per heavy atom. The molecule has 0 spiro atoms. The molecule has 1 N–H and O–H groups in total. The fourth-order valence-corrected chi connectivity index (χ4v) is 4.41. The van der Waals surface area contributed by atoms with Crippen LogP contribution in [0.5, 0.6) is 0 Å². The van der Waals surface area contributed by atoms with Crippen LogP contribution in [0.15, 0.2) is 65.8 Å². The van der Waals surface area contributed by atoms with E-state index < -0.39 is 0 Å². The lowest BCUT2D eigenvalue weighted by molar-refractivity contribution is 0.0614. The fourth-order valence-electron chi connectivity index (χ4n) is 4.20. The number of hydrogen-bond acceptors (Lipinski definition) is 4. The monoisotopic (exact) mass is 464 g/mol. The SMILES string of the molecule is CCC1C(CNC(=O)c2cc(-c3ccccc3)nn2C(C)C)=NOC1Cc1cccc(Cl)c1. The lowest BCUT2D eigenvalue weighted by Gasteiger charge is -2.18. The topological polar surface area (TPSA) is 68.5 Å². The summed E-state index contributed by atoms with van der Waals surface area (Å²) < 4.78 is 1.77. The van der Waals surface area contributed by atoms with Crippen LogP contribution < -0.4 is 5.32 Å². The molecule has 33 heavy (non-hydrogen) atoms. The first-order valence-electron chi connectivity index (χ1n) is 11.4. The molecular weight excluding hydrogens is 436 g/mol. The Morgan fingerprint density at radius 3 is 2.64 bits per heavy atom. The van der Waals surface area contributed by atoms with Crippen LogP contribution in [0.4, 0.5) is 0 Å². The van der Waals surface area contributed by atoms with E-state index in [0.29, 0.717) is 17.3 Å². The molecule has 1 aromatic heterocycles. The van der Waals surface area contributed by atoms with E-state index >= 15 is 0 Å². The van der Waals surface area contributed by atoms with Crippen molar-refractivity contribution in [1.82, 2.24) is 15.1 Å². The lowest BCUT2D eigenvalue weighted by Crippen LogP contribution is -2.35. The van der Waals surface area contributed by atoms with Crippen molar-refractivity contribution < 1.29 is 9.63 Å². The van der Waals surface area contributed by atoms with Crippen LogP contribution >= 0.6 is 11.6 Å². The smallest absolute Gasteiger partial charge is 0.269 e. The fraction of sp³-hybridized carbons (Fsp3) is 0.346. The molecule has 172 valence electrons. The summed E-state index contributed by atoms with van der Waals surface area (Å²) in [4.78, 5) is 18.8. The average Bonchev–Trinajstić information content (AvgIpc) is 3.42. The molecule has 3 aromatic rings. The van der Waals surface area contributed by atoms with Crippen molar-refractivity contribution in [3.63, 3.8) is 0 Å². The molecule has 2 heterocycles. The van der Waals surface area contributed by atoms with Gasteiger partial charge >= 0.3 is 0 Å². The van der Waals surface area contributed by atoms with Gasteiger partial charge in [0.15, 0.2) is 0 Å². The van der Waals surface area contributed by atoms with E-state index in [-0.39, 0.29) is 24.0 Å². The van der Waals surface area contributed by atoms with Crippen LogP contribution in [0.3, 0.4) is 0 Å². The number of oxime groups is 1. The number of rotatable bonds is 8. The van der Waals surface area contributed by atoms with Crippen LogP contribution in [0.2, 0.25) is 5.02 Å². The van der Waals surface area contributed by atoms with Crippen LogP contribution in [0.1, 0.15) is 49.3 Å². The molecular formula is C26H29ClN4O2. The first-order valence-corrected chi connectivity index (χ1v) is 11.7. The molecule has 2 atom stereocenters. The number of nitrogens with one attached hydrogen (secondary N) is 1. The van der Waals surface area contributed by atoms with Crippen LogP contribution in [-0.4, -0.2) is 34.0 Å². The number of nitrogens with zero attached hydrogens (tertiary/aromatic N) is 3. The molecule has 0 saturated heterocycles. The minimum Gasteiger partial charge on any atom is -0.391 e. The van der Waals surface area contributed by atoms with E-state index in [9.17, 15) is 4.79 Å². The highest BCUT2D eigenvalue weighted by Crippen LogP contribution is 2.26. The first kappa shape index (κ1) is 23.1. The summed E-state index contributed by atoms with van der Waals surface area (Å²) >= 11 is 6.12. The van der Waals surface area contributed by atoms with E-state index in [4.69, 9.17) is 16.4 Å². The summed E-state index contributed by atoms with van der Waals surface area (Å²) in [5.41, 5.74) is 4.27. The molecule has 2 aromatic carbocycles. The summed E-state index contributed by atoms with van der Waals surface area (Å²) in [6, 6.07) is 19.6. The van der Waals surface area contributed by atoms with Gasteiger partial charge in [-0.3, -0.25) is 9.48 Å². The Morgan fingerprint density at radius 1 is 1.15 bits per heavy atom. The van der Waals surface area contributed by atoms with Gasteiger partial charge in [0.05, 0.1) is 18.0 Å². The van der Waals surface area contributed by atoms with Gasteiger partial charge in [0.2, 0.25) is 0 Å². The highest BCUT2D eigenvalue weighted by atomic mass is 35.5. The Labute approximate surface area is 199 Å². The Bertz CT molecular complexity index is 1140. The third-order valence-corrected chi connectivity index (χ3v) is 6.14. The minimum absolute atomic E-state index is 0.0563. The number of aromatic nitrogens is 2. The zero-order chi connectivity index (χ0) is 23.4. The second-order valence-corrected chi connectivity index (χ2v) is 9.01. The van der Waals surface area contributed by atoms with E-state index in [1.54, 1.807) is 4.68 Å². The van der Waals surface area contributed by atoms with Gasteiger partial charge in [0.25, 0.3) is 5.91 Å². The number of benzene rings is 2. The number of carbonyl (C=O) groups excluding carboxylic acids is 1. The highest BCUT2D eigenvalue weighted by Gasteiger charge is 2.33. The van der Waals surface area contributed by atoms with Gasteiger partial charge in [-0.2, -0.15) is 5.10 Å². The van der Waals surface area contributed by atoms with Crippen LogP contribution in [-0.2, 0) is 11.3 Å². The van der Waals surface area contributed by atoms with Gasteiger partial charge in [-0.05, 0) is 44.0 Å². The summed E-state index contributed by atoms with van der Waals surface area (Å²) in [5.74, 6) is -0.0339. The maximum atomic E-state index is 13.1. The zero-order valence-electron chi connectivity index (χ0n) is 19.2. The molecule has 0 fully saturated rings. The first-order chi connectivity index (χ1) is 16.0. The highest BCUT2D eigenvalue weighted by molar-refractivity contribution is 6.30. The summed E-state index contributed by atoms with van der Waals surface area (Å²) in [6.07, 6.45) is 1.54. The van der Waals surface area contributed by atoms with Crippen molar-refractivity contribution in [3.8, 4) is 11.3 Å². The molecule has 2 unspecified atom stereocenters. The van der Waals surface area contributed by atoms with Crippen LogP contribution in [0.25, 0.3) is 11.3 Å². The van der Waals surface area contributed by atoms with Gasteiger partial charge < -0.3 is 10.2 Å². The number of amides is 1. The molecule has 6 nitrogen and oxygen atoms in total. The lowest BCUT2D eigenvalue weighted by atomic mass is 9.90.